The zero-order valence-electron chi connectivity index (χ0n) is 14.1. The molecular formula is C19H18Cl2N4. The molecule has 0 amide bonds. The number of hydrogen-bond acceptors (Lipinski definition) is 3. The third kappa shape index (κ3) is 2.96. The maximum Gasteiger partial charge on any atom is 0.133 e. The third-order valence-corrected chi connectivity index (χ3v) is 4.82. The molecule has 6 heteroatoms. The molecule has 0 atom stereocenters. The number of halogens is 2. The number of nitrogens with one attached hydrogen (secondary N) is 1. The zero-order chi connectivity index (χ0) is 17.6. The minimum atomic E-state index is 0.598. The molecule has 0 fully saturated rings. The SMILES string of the molecule is CN(C)c1cccc(-c2nn(-c3cc(Cl)cc(Cl)c3)c3c2CCN3)c1. The second-order valence-electron chi connectivity index (χ2n) is 6.34. The van der Waals surface area contributed by atoms with Crippen LogP contribution in [0.2, 0.25) is 10.0 Å². The number of aromatic nitrogens is 2. The van der Waals surface area contributed by atoms with E-state index in [1.54, 1.807) is 6.07 Å². The molecule has 0 radical (unpaired) electrons. The van der Waals surface area contributed by atoms with Gasteiger partial charge in [0.25, 0.3) is 0 Å². The maximum absolute atomic E-state index is 6.18. The Bertz CT molecular complexity index is 926. The minimum absolute atomic E-state index is 0.598. The fraction of sp³-hybridized carbons (Fsp3) is 0.211. The van der Waals surface area contributed by atoms with E-state index < -0.39 is 0 Å². The summed E-state index contributed by atoms with van der Waals surface area (Å²) in [5.41, 5.74) is 5.35. The van der Waals surface area contributed by atoms with Crippen molar-refractivity contribution in [1.82, 2.24) is 9.78 Å². The predicted molar refractivity (Wildman–Crippen MR) is 106 cm³/mol. The molecule has 0 unspecified atom stereocenters. The first kappa shape index (κ1) is 16.3. The van der Waals surface area contributed by atoms with Crippen molar-refractivity contribution in [3.8, 4) is 16.9 Å². The van der Waals surface area contributed by atoms with E-state index in [-0.39, 0.29) is 0 Å². The van der Waals surface area contributed by atoms with E-state index in [0.29, 0.717) is 10.0 Å². The van der Waals surface area contributed by atoms with Crippen LogP contribution < -0.4 is 10.2 Å². The number of benzene rings is 2. The lowest BCUT2D eigenvalue weighted by Gasteiger charge is -2.13. The molecule has 1 N–H and O–H groups in total. The van der Waals surface area contributed by atoms with Gasteiger partial charge in [0.1, 0.15) is 5.82 Å². The highest BCUT2D eigenvalue weighted by molar-refractivity contribution is 6.34. The van der Waals surface area contributed by atoms with Crippen molar-refractivity contribution in [2.45, 2.75) is 6.42 Å². The second kappa shape index (κ2) is 6.28. The van der Waals surface area contributed by atoms with Gasteiger partial charge in [-0.25, -0.2) is 4.68 Å². The summed E-state index contributed by atoms with van der Waals surface area (Å²) in [5, 5.41) is 9.51. The summed E-state index contributed by atoms with van der Waals surface area (Å²) in [7, 11) is 4.08. The average Bonchev–Trinajstić information content (AvgIpc) is 3.16. The van der Waals surface area contributed by atoms with E-state index in [4.69, 9.17) is 28.3 Å². The Morgan fingerprint density at radius 3 is 2.56 bits per heavy atom. The van der Waals surface area contributed by atoms with Crippen LogP contribution in [0, 0.1) is 0 Å². The van der Waals surface area contributed by atoms with E-state index in [2.05, 4.69) is 34.5 Å². The highest BCUT2D eigenvalue weighted by Crippen LogP contribution is 2.36. The normalized spacial score (nSPS) is 12.8. The highest BCUT2D eigenvalue weighted by Gasteiger charge is 2.24. The monoisotopic (exact) mass is 372 g/mol. The Morgan fingerprint density at radius 1 is 1.08 bits per heavy atom. The maximum atomic E-state index is 6.18. The number of rotatable bonds is 3. The molecule has 128 valence electrons. The van der Waals surface area contributed by atoms with Gasteiger partial charge in [-0.15, -0.1) is 0 Å². The summed E-state index contributed by atoms with van der Waals surface area (Å²) in [6.45, 7) is 0.905. The zero-order valence-corrected chi connectivity index (χ0v) is 15.6. The predicted octanol–water partition coefficient (Wildman–Crippen LogP) is 4.88. The van der Waals surface area contributed by atoms with Crippen LogP contribution in [0.5, 0.6) is 0 Å². The van der Waals surface area contributed by atoms with E-state index in [1.807, 2.05) is 30.9 Å². The topological polar surface area (TPSA) is 33.1 Å². The van der Waals surface area contributed by atoms with Gasteiger partial charge in [0.15, 0.2) is 0 Å². The van der Waals surface area contributed by atoms with Crippen molar-refractivity contribution < 1.29 is 0 Å². The Balaban J connectivity index is 1.87. The van der Waals surface area contributed by atoms with Crippen LogP contribution in [0.25, 0.3) is 16.9 Å². The van der Waals surface area contributed by atoms with Gasteiger partial charge in [-0.3, -0.25) is 0 Å². The van der Waals surface area contributed by atoms with Crippen molar-refractivity contribution in [2.75, 3.05) is 30.9 Å². The van der Waals surface area contributed by atoms with Gasteiger partial charge >= 0.3 is 0 Å². The highest BCUT2D eigenvalue weighted by atomic mass is 35.5. The van der Waals surface area contributed by atoms with E-state index in [9.17, 15) is 0 Å². The van der Waals surface area contributed by atoms with Crippen LogP contribution in [0.1, 0.15) is 5.56 Å². The first-order chi connectivity index (χ1) is 12.0. The minimum Gasteiger partial charge on any atom is -0.378 e. The van der Waals surface area contributed by atoms with Gasteiger partial charge in [-0.05, 0) is 36.8 Å². The summed E-state index contributed by atoms with van der Waals surface area (Å²) in [6.07, 6.45) is 0.950. The first-order valence-electron chi connectivity index (χ1n) is 8.13. The molecule has 2 aromatic carbocycles. The molecule has 4 nitrogen and oxygen atoms in total. The Kier molecular flexibility index (Phi) is 4.10. The summed E-state index contributed by atoms with van der Waals surface area (Å²) in [5.74, 6) is 1.02. The van der Waals surface area contributed by atoms with E-state index in [1.165, 1.54) is 5.56 Å². The van der Waals surface area contributed by atoms with E-state index in [0.717, 1.165) is 41.4 Å². The molecule has 4 rings (SSSR count). The fourth-order valence-corrected chi connectivity index (χ4v) is 3.70. The van der Waals surface area contributed by atoms with Gasteiger partial charge in [-0.1, -0.05) is 35.3 Å². The smallest absolute Gasteiger partial charge is 0.133 e. The van der Waals surface area contributed by atoms with Crippen LogP contribution in [0.15, 0.2) is 42.5 Å². The number of fused-ring (bicyclic) bond motifs is 1. The van der Waals surface area contributed by atoms with Gasteiger partial charge in [0.2, 0.25) is 0 Å². The van der Waals surface area contributed by atoms with Crippen LogP contribution in [0.4, 0.5) is 11.5 Å². The molecule has 0 saturated heterocycles. The van der Waals surface area contributed by atoms with Crippen LogP contribution in [0.3, 0.4) is 0 Å². The summed E-state index contributed by atoms with van der Waals surface area (Å²) in [6, 6.07) is 13.9. The Hall–Kier alpha value is -2.17. The molecule has 0 saturated carbocycles. The van der Waals surface area contributed by atoms with Crippen molar-refractivity contribution in [3.63, 3.8) is 0 Å². The molecule has 3 aromatic rings. The van der Waals surface area contributed by atoms with Crippen molar-refractivity contribution in [1.29, 1.82) is 0 Å². The van der Waals surface area contributed by atoms with Crippen LogP contribution in [-0.2, 0) is 6.42 Å². The van der Waals surface area contributed by atoms with Crippen molar-refractivity contribution >= 4 is 34.7 Å². The Labute approximate surface area is 157 Å². The summed E-state index contributed by atoms with van der Waals surface area (Å²) >= 11 is 12.4. The molecule has 1 aromatic heterocycles. The molecule has 2 heterocycles. The van der Waals surface area contributed by atoms with Crippen LogP contribution in [-0.4, -0.2) is 30.4 Å². The van der Waals surface area contributed by atoms with Crippen molar-refractivity contribution in [2.24, 2.45) is 0 Å². The molecule has 1 aliphatic heterocycles. The summed E-state index contributed by atoms with van der Waals surface area (Å²) in [4.78, 5) is 2.09. The first-order valence-corrected chi connectivity index (χ1v) is 8.88. The van der Waals surface area contributed by atoms with Gasteiger partial charge in [0.05, 0.1) is 11.4 Å². The van der Waals surface area contributed by atoms with Gasteiger partial charge < -0.3 is 10.2 Å². The molecule has 0 aliphatic carbocycles. The molecular weight excluding hydrogens is 355 g/mol. The number of anilines is 2. The van der Waals surface area contributed by atoms with Gasteiger partial charge in [-0.2, -0.15) is 5.10 Å². The lowest BCUT2D eigenvalue weighted by atomic mass is 10.1. The summed E-state index contributed by atoms with van der Waals surface area (Å²) < 4.78 is 1.90. The standard InChI is InChI=1S/C19H18Cl2N4/c1-24(2)15-5-3-4-12(8-15)18-17-6-7-22-19(17)25(23-18)16-10-13(20)9-14(21)11-16/h3-5,8-11,22H,6-7H2,1-2H3. The van der Waals surface area contributed by atoms with Crippen molar-refractivity contribution in [3.05, 3.63) is 58.1 Å². The van der Waals surface area contributed by atoms with Gasteiger partial charge in [0, 0.05) is 47.5 Å². The Morgan fingerprint density at radius 2 is 1.84 bits per heavy atom. The second-order valence-corrected chi connectivity index (χ2v) is 7.21. The van der Waals surface area contributed by atoms with E-state index >= 15 is 0 Å². The largest absolute Gasteiger partial charge is 0.378 e. The quantitative estimate of drug-likeness (QED) is 0.710. The number of nitrogens with zero attached hydrogens (tertiary/aromatic N) is 3. The third-order valence-electron chi connectivity index (χ3n) is 4.38. The molecule has 25 heavy (non-hydrogen) atoms. The van der Waals surface area contributed by atoms with Crippen LogP contribution >= 0.6 is 23.2 Å². The molecule has 1 aliphatic rings. The molecule has 0 bridgehead atoms. The lowest BCUT2D eigenvalue weighted by Crippen LogP contribution is -2.08. The average molecular weight is 373 g/mol. The lowest BCUT2D eigenvalue weighted by molar-refractivity contribution is 0.882. The molecule has 0 spiro atoms. The number of hydrogen-bond donors (Lipinski definition) is 1. The fourth-order valence-electron chi connectivity index (χ4n) is 3.19.